The van der Waals surface area contributed by atoms with Crippen molar-refractivity contribution in [3.05, 3.63) is 47.8 Å². The first-order chi connectivity index (χ1) is 16.6. The number of hydrogen-bond acceptors (Lipinski definition) is 8. The van der Waals surface area contributed by atoms with Gasteiger partial charge in [0.05, 0.1) is 26.8 Å². The van der Waals surface area contributed by atoms with E-state index in [1.54, 1.807) is 21.3 Å². The van der Waals surface area contributed by atoms with Crippen molar-refractivity contribution in [3.63, 3.8) is 0 Å². The number of benzene rings is 2. The van der Waals surface area contributed by atoms with Crippen LogP contribution in [-0.2, 0) is 6.54 Å². The highest BCUT2D eigenvalue weighted by Gasteiger charge is 2.24. The summed E-state index contributed by atoms with van der Waals surface area (Å²) in [7, 11) is 4.95. The minimum absolute atomic E-state index is 0.277. The van der Waals surface area contributed by atoms with Crippen LogP contribution in [0.3, 0.4) is 0 Å². The van der Waals surface area contributed by atoms with Crippen LogP contribution in [0.25, 0.3) is 16.6 Å². The zero-order valence-corrected chi connectivity index (χ0v) is 20.0. The Kier molecular flexibility index (Phi) is 6.10. The number of anilines is 1. The number of nitrogens with zero attached hydrogens (tertiary/aromatic N) is 4. The van der Waals surface area contributed by atoms with Crippen molar-refractivity contribution in [2.75, 3.05) is 33.2 Å². The smallest absolute Gasteiger partial charge is 0.226 e. The molecule has 2 aromatic carbocycles. The van der Waals surface area contributed by atoms with E-state index in [0.29, 0.717) is 18.5 Å². The molecule has 1 aliphatic heterocycles. The average Bonchev–Trinajstić information content (AvgIpc) is 3.33. The Morgan fingerprint density at radius 2 is 1.79 bits per heavy atom. The Hall–Kier alpha value is -3.59. The van der Waals surface area contributed by atoms with E-state index in [1.807, 2.05) is 40.9 Å². The van der Waals surface area contributed by atoms with Crippen molar-refractivity contribution in [1.82, 2.24) is 24.9 Å². The molecule has 9 nitrogen and oxygen atoms in total. The van der Waals surface area contributed by atoms with E-state index in [4.69, 9.17) is 29.3 Å². The van der Waals surface area contributed by atoms with Crippen molar-refractivity contribution < 1.29 is 14.2 Å². The molecule has 1 aliphatic rings. The lowest BCUT2D eigenvalue weighted by Crippen LogP contribution is -2.36. The van der Waals surface area contributed by atoms with Gasteiger partial charge in [-0.1, -0.05) is 0 Å². The van der Waals surface area contributed by atoms with E-state index in [9.17, 15) is 0 Å². The maximum atomic E-state index is 5.56. The highest BCUT2D eigenvalue weighted by Crippen LogP contribution is 2.29. The summed E-state index contributed by atoms with van der Waals surface area (Å²) in [5.74, 6) is 3.97. The lowest BCUT2D eigenvalue weighted by Gasteiger charge is -2.25. The fourth-order valence-electron chi connectivity index (χ4n) is 4.41. The fraction of sp³-hybridized carbons (Fsp3) is 0.400. The van der Waals surface area contributed by atoms with Crippen molar-refractivity contribution in [3.8, 4) is 17.2 Å². The van der Waals surface area contributed by atoms with Gasteiger partial charge in [0, 0.05) is 48.1 Å². The number of hydrogen-bond donors (Lipinski definition) is 2. The third-order valence-electron chi connectivity index (χ3n) is 6.45. The molecule has 0 radical (unpaired) electrons. The number of nitrogens with one attached hydrogen (secondary N) is 2. The second-order valence-corrected chi connectivity index (χ2v) is 8.64. The number of piperidine rings is 1. The second kappa shape index (κ2) is 9.34. The Labute approximate surface area is 198 Å². The third-order valence-corrected chi connectivity index (χ3v) is 6.45. The molecule has 2 N–H and O–H groups in total. The van der Waals surface area contributed by atoms with Crippen molar-refractivity contribution in [2.45, 2.75) is 38.3 Å². The van der Waals surface area contributed by atoms with Crippen LogP contribution >= 0.6 is 0 Å². The van der Waals surface area contributed by atoms with Crippen LogP contribution < -0.4 is 24.8 Å². The van der Waals surface area contributed by atoms with Crippen molar-refractivity contribution >= 4 is 22.5 Å². The van der Waals surface area contributed by atoms with Crippen LogP contribution in [0.2, 0.25) is 0 Å². The molecular weight excluding hydrogens is 432 g/mol. The summed E-state index contributed by atoms with van der Waals surface area (Å²) in [6.07, 6.45) is 2.18. The van der Waals surface area contributed by atoms with Gasteiger partial charge in [0.1, 0.15) is 17.2 Å². The summed E-state index contributed by atoms with van der Waals surface area (Å²) in [6.45, 7) is 3.60. The van der Waals surface area contributed by atoms with Crippen LogP contribution in [0, 0.1) is 0 Å². The summed E-state index contributed by atoms with van der Waals surface area (Å²) < 4.78 is 18.1. The van der Waals surface area contributed by atoms with Gasteiger partial charge in [-0.25, -0.2) is 9.97 Å². The summed E-state index contributed by atoms with van der Waals surface area (Å²) >= 11 is 0. The fourth-order valence-corrected chi connectivity index (χ4v) is 4.41. The zero-order valence-electron chi connectivity index (χ0n) is 20.0. The second-order valence-electron chi connectivity index (χ2n) is 8.64. The van der Waals surface area contributed by atoms with Crippen LogP contribution in [0.15, 0.2) is 36.4 Å². The highest BCUT2D eigenvalue weighted by molar-refractivity contribution is 5.93. The molecule has 0 spiro atoms. The van der Waals surface area contributed by atoms with Gasteiger partial charge < -0.3 is 24.8 Å². The Morgan fingerprint density at radius 1 is 1.00 bits per heavy atom. The molecule has 2 aromatic heterocycles. The number of aromatic nitrogens is 4. The molecular formula is C25H30N6O3. The van der Waals surface area contributed by atoms with Gasteiger partial charge >= 0.3 is 0 Å². The molecule has 1 fully saturated rings. The third kappa shape index (κ3) is 4.19. The first kappa shape index (κ1) is 22.2. The molecule has 0 saturated carbocycles. The number of methoxy groups -OCH3 is 3. The number of fused-ring (bicyclic) bond motifs is 3. The standard InChI is InChI=1S/C25H30N6O3/c1-15-5-6-17(14-26-15)23-29-24-20-10-9-18(32-2)11-21(20)28-25(31(24)30-23)27-13-16-7-8-19(33-3)12-22(16)34-4/h7-12,15,17,26H,5-6,13-14H2,1-4H3,(H,27,28)/t15-,17+/m0/s1. The first-order valence-electron chi connectivity index (χ1n) is 11.5. The molecule has 178 valence electrons. The van der Waals surface area contributed by atoms with E-state index in [2.05, 4.69) is 17.6 Å². The predicted octanol–water partition coefficient (Wildman–Crippen LogP) is 3.77. The van der Waals surface area contributed by atoms with Gasteiger partial charge in [0.25, 0.3) is 0 Å². The molecule has 34 heavy (non-hydrogen) atoms. The van der Waals surface area contributed by atoms with E-state index >= 15 is 0 Å². The molecule has 1 saturated heterocycles. The van der Waals surface area contributed by atoms with Gasteiger partial charge in [0.2, 0.25) is 5.95 Å². The first-order valence-corrected chi connectivity index (χ1v) is 11.5. The lowest BCUT2D eigenvalue weighted by atomic mass is 9.95. The summed E-state index contributed by atoms with van der Waals surface area (Å²) in [4.78, 5) is 9.84. The maximum Gasteiger partial charge on any atom is 0.226 e. The molecule has 5 rings (SSSR count). The van der Waals surface area contributed by atoms with Crippen LogP contribution in [0.1, 0.15) is 37.1 Å². The Balaban J connectivity index is 1.55. The van der Waals surface area contributed by atoms with E-state index < -0.39 is 0 Å². The van der Waals surface area contributed by atoms with Crippen LogP contribution in [0.4, 0.5) is 5.95 Å². The largest absolute Gasteiger partial charge is 0.497 e. The molecule has 4 aromatic rings. The number of ether oxygens (including phenoxy) is 3. The summed E-state index contributed by atoms with van der Waals surface area (Å²) in [6, 6.07) is 12.1. The minimum Gasteiger partial charge on any atom is -0.497 e. The van der Waals surface area contributed by atoms with E-state index in [-0.39, 0.29) is 5.92 Å². The normalized spacial score (nSPS) is 18.2. The van der Waals surface area contributed by atoms with Crippen LogP contribution in [0.5, 0.6) is 17.2 Å². The average molecular weight is 463 g/mol. The predicted molar refractivity (Wildman–Crippen MR) is 131 cm³/mol. The van der Waals surface area contributed by atoms with E-state index in [1.165, 1.54) is 0 Å². The van der Waals surface area contributed by atoms with Gasteiger partial charge in [-0.05, 0) is 44.0 Å². The number of rotatable bonds is 7. The minimum atomic E-state index is 0.277. The SMILES string of the molecule is COc1ccc(CNc2nc3cc(OC)ccc3c3nc([C@@H]4CC[C@H](C)NC4)nn23)c(OC)c1. The molecule has 0 unspecified atom stereocenters. The summed E-state index contributed by atoms with van der Waals surface area (Å²) in [5.41, 5.74) is 2.56. The zero-order chi connectivity index (χ0) is 23.7. The van der Waals surface area contributed by atoms with Crippen molar-refractivity contribution in [1.29, 1.82) is 0 Å². The molecule has 0 aliphatic carbocycles. The van der Waals surface area contributed by atoms with Crippen molar-refractivity contribution in [2.24, 2.45) is 0 Å². The Bertz CT molecular complexity index is 1310. The van der Waals surface area contributed by atoms with E-state index in [0.717, 1.165) is 64.6 Å². The van der Waals surface area contributed by atoms with Gasteiger partial charge in [-0.2, -0.15) is 4.52 Å². The van der Waals surface area contributed by atoms with Gasteiger partial charge in [0.15, 0.2) is 11.5 Å². The lowest BCUT2D eigenvalue weighted by molar-refractivity contribution is 0.376. The molecule has 0 amide bonds. The van der Waals surface area contributed by atoms with Gasteiger partial charge in [-0.15, -0.1) is 5.10 Å². The molecule has 0 bridgehead atoms. The van der Waals surface area contributed by atoms with Crippen LogP contribution in [-0.4, -0.2) is 53.5 Å². The quantitative estimate of drug-likeness (QED) is 0.429. The maximum absolute atomic E-state index is 5.56. The van der Waals surface area contributed by atoms with Gasteiger partial charge in [-0.3, -0.25) is 0 Å². The molecule has 2 atom stereocenters. The molecule has 9 heteroatoms. The monoisotopic (exact) mass is 462 g/mol. The summed E-state index contributed by atoms with van der Waals surface area (Å²) in [5, 5.41) is 12.8. The molecule has 3 heterocycles. The topological polar surface area (TPSA) is 94.8 Å². The highest BCUT2D eigenvalue weighted by atomic mass is 16.5. The Morgan fingerprint density at radius 3 is 2.53 bits per heavy atom.